The van der Waals surface area contributed by atoms with Crippen LogP contribution in [0.5, 0.6) is 5.75 Å². The zero-order chi connectivity index (χ0) is 18.8. The summed E-state index contributed by atoms with van der Waals surface area (Å²) in [6.07, 6.45) is 8.20. The van der Waals surface area contributed by atoms with Crippen LogP contribution in [0.4, 0.5) is 0 Å². The quantitative estimate of drug-likeness (QED) is 0.386. The van der Waals surface area contributed by atoms with Gasteiger partial charge in [-0.25, -0.2) is 4.59 Å². The lowest BCUT2D eigenvalue weighted by atomic mass is 9.81. The average Bonchev–Trinajstić information content (AvgIpc) is 3.05. The van der Waals surface area contributed by atoms with Gasteiger partial charge in [0.25, 0.3) is 0 Å². The van der Waals surface area contributed by atoms with E-state index < -0.39 is 0 Å². The fourth-order valence-electron chi connectivity index (χ4n) is 4.73. The van der Waals surface area contributed by atoms with E-state index in [1.165, 1.54) is 5.56 Å². The summed E-state index contributed by atoms with van der Waals surface area (Å²) in [5.74, 6) is 0.420. The van der Waals surface area contributed by atoms with Gasteiger partial charge < -0.3 is 5.11 Å². The van der Waals surface area contributed by atoms with E-state index >= 15 is 0 Å². The number of nitrogens with zero attached hydrogens (tertiary/aromatic N) is 1. The van der Waals surface area contributed by atoms with E-state index in [0.717, 1.165) is 61.8 Å². The SMILES string of the molecule is CCC[N+](CCC1(C)CC=CS1)(NC)C1(N)CCc2c(O)cccc2C1. The summed E-state index contributed by atoms with van der Waals surface area (Å²) in [7, 11) is 2.06. The molecule has 4 N–H and O–H groups in total. The normalized spacial score (nSPS) is 30.2. The fraction of sp³-hybridized carbons (Fsp3) is 0.619. The Morgan fingerprint density at radius 2 is 2.15 bits per heavy atom. The number of benzene rings is 1. The van der Waals surface area contributed by atoms with Gasteiger partial charge in [0.15, 0.2) is 5.66 Å². The van der Waals surface area contributed by atoms with Crippen LogP contribution in [-0.2, 0) is 12.8 Å². The Bertz CT molecular complexity index is 669. The van der Waals surface area contributed by atoms with E-state index in [1.54, 1.807) is 6.07 Å². The number of nitrogens with two attached hydrogens (primary N) is 1. The molecule has 1 aliphatic heterocycles. The van der Waals surface area contributed by atoms with Gasteiger partial charge in [-0.05, 0) is 48.8 Å². The molecule has 1 aromatic rings. The van der Waals surface area contributed by atoms with Crippen molar-refractivity contribution in [3.05, 3.63) is 40.8 Å². The molecule has 144 valence electrons. The van der Waals surface area contributed by atoms with Crippen molar-refractivity contribution in [3.8, 4) is 5.75 Å². The molecule has 26 heavy (non-hydrogen) atoms. The predicted molar refractivity (Wildman–Crippen MR) is 111 cm³/mol. The van der Waals surface area contributed by atoms with Crippen molar-refractivity contribution in [2.75, 3.05) is 20.1 Å². The number of phenolic OH excluding ortho intramolecular Hbond substituents is 1. The van der Waals surface area contributed by atoms with Crippen LogP contribution in [0.15, 0.2) is 29.7 Å². The third-order valence-electron chi connectivity index (χ3n) is 6.46. The number of hydrogen-bond donors (Lipinski definition) is 3. The second-order valence-corrected chi connectivity index (χ2v) is 9.72. The van der Waals surface area contributed by atoms with Crippen molar-refractivity contribution in [1.82, 2.24) is 5.43 Å². The first-order valence-corrected chi connectivity index (χ1v) is 10.7. The van der Waals surface area contributed by atoms with Crippen molar-refractivity contribution in [2.45, 2.75) is 62.8 Å². The minimum atomic E-state index is -0.349. The number of thioether (sulfide) groups is 1. The summed E-state index contributed by atoms with van der Waals surface area (Å²) in [5.41, 5.74) is 12.7. The summed E-state index contributed by atoms with van der Waals surface area (Å²) in [5, 5.41) is 12.4. The molecule has 0 bridgehead atoms. The van der Waals surface area contributed by atoms with Crippen molar-refractivity contribution in [2.24, 2.45) is 5.73 Å². The maximum absolute atomic E-state index is 10.2. The van der Waals surface area contributed by atoms with Gasteiger partial charge >= 0.3 is 0 Å². The van der Waals surface area contributed by atoms with Crippen LogP contribution in [0.3, 0.4) is 0 Å². The number of allylic oxidation sites excluding steroid dienone is 1. The van der Waals surface area contributed by atoms with Gasteiger partial charge in [-0.1, -0.05) is 25.1 Å². The van der Waals surface area contributed by atoms with Crippen molar-refractivity contribution in [3.63, 3.8) is 0 Å². The number of rotatable bonds is 7. The van der Waals surface area contributed by atoms with Crippen LogP contribution in [-0.4, -0.2) is 40.2 Å². The molecule has 2 aliphatic rings. The highest BCUT2D eigenvalue weighted by atomic mass is 32.2. The average molecular weight is 377 g/mol. The van der Waals surface area contributed by atoms with E-state index in [9.17, 15) is 5.11 Å². The monoisotopic (exact) mass is 376 g/mol. The maximum atomic E-state index is 10.2. The van der Waals surface area contributed by atoms with Crippen LogP contribution in [0, 0.1) is 0 Å². The largest absolute Gasteiger partial charge is 0.508 e. The van der Waals surface area contributed by atoms with E-state index in [2.05, 4.69) is 43.9 Å². The smallest absolute Gasteiger partial charge is 0.172 e. The topological polar surface area (TPSA) is 58.3 Å². The number of nitrogens with one attached hydrogen (secondary N) is 1. The first-order chi connectivity index (χ1) is 12.4. The van der Waals surface area contributed by atoms with Gasteiger partial charge in [-0.2, -0.15) is 5.43 Å². The Morgan fingerprint density at radius 1 is 1.35 bits per heavy atom. The molecule has 0 amide bonds. The second kappa shape index (κ2) is 7.55. The molecule has 0 spiro atoms. The zero-order valence-corrected chi connectivity index (χ0v) is 17.2. The molecule has 1 heterocycles. The molecular formula is C21H34N3OS+. The summed E-state index contributed by atoms with van der Waals surface area (Å²) in [6, 6.07) is 5.86. The first kappa shape index (κ1) is 19.7. The van der Waals surface area contributed by atoms with Gasteiger partial charge in [0, 0.05) is 31.1 Å². The Labute approximate surface area is 162 Å². The molecule has 0 aromatic heterocycles. The van der Waals surface area contributed by atoms with Crippen LogP contribution in [0.25, 0.3) is 0 Å². The van der Waals surface area contributed by atoms with E-state index in [4.69, 9.17) is 5.73 Å². The third kappa shape index (κ3) is 3.55. The molecule has 3 unspecified atom stereocenters. The molecule has 0 saturated carbocycles. The minimum Gasteiger partial charge on any atom is -0.508 e. The van der Waals surface area contributed by atoms with E-state index in [0.29, 0.717) is 5.75 Å². The maximum Gasteiger partial charge on any atom is 0.172 e. The lowest BCUT2D eigenvalue weighted by Gasteiger charge is -2.52. The molecule has 4 nitrogen and oxygen atoms in total. The number of quaternary nitrogens is 1. The standard InChI is InChI=1S/C21H33N3OS/c1-4-13-24(23-3,14-12-20(2)10-6-15-26-20)21(22)11-9-18-17(16-21)7-5-8-19(18)25/h5-8,15,23H,4,9-14,16,22H2,1-3H3/p+1. The number of fused-ring (bicyclic) bond motifs is 1. The Hall–Kier alpha value is -1.01. The van der Waals surface area contributed by atoms with E-state index in [1.807, 2.05) is 17.8 Å². The Balaban J connectivity index is 1.86. The molecule has 1 aromatic carbocycles. The molecule has 0 fully saturated rings. The molecular weight excluding hydrogens is 342 g/mol. The van der Waals surface area contributed by atoms with E-state index in [-0.39, 0.29) is 10.4 Å². The number of hydrogen-bond acceptors (Lipinski definition) is 4. The lowest BCUT2D eigenvalue weighted by molar-refractivity contribution is -1.01. The van der Waals surface area contributed by atoms with Gasteiger partial charge in [0.05, 0.1) is 13.1 Å². The zero-order valence-electron chi connectivity index (χ0n) is 16.4. The van der Waals surface area contributed by atoms with Gasteiger partial charge in [0.1, 0.15) is 5.75 Å². The fourth-order valence-corrected chi connectivity index (χ4v) is 5.65. The Morgan fingerprint density at radius 3 is 2.81 bits per heavy atom. The van der Waals surface area contributed by atoms with Gasteiger partial charge in [0.2, 0.25) is 0 Å². The van der Waals surface area contributed by atoms with Crippen molar-refractivity contribution >= 4 is 11.8 Å². The predicted octanol–water partition coefficient (Wildman–Crippen LogP) is 3.70. The highest BCUT2D eigenvalue weighted by Gasteiger charge is 2.50. The number of aromatic hydroxyl groups is 1. The minimum absolute atomic E-state index is 0.287. The van der Waals surface area contributed by atoms with Gasteiger partial charge in [-0.15, -0.1) is 11.8 Å². The summed E-state index contributed by atoms with van der Waals surface area (Å²) in [6.45, 7) is 6.66. The van der Waals surface area contributed by atoms with Crippen LogP contribution >= 0.6 is 11.8 Å². The summed E-state index contributed by atoms with van der Waals surface area (Å²) < 4.78 is 1.03. The molecule has 1 aliphatic carbocycles. The first-order valence-electron chi connectivity index (χ1n) is 9.85. The number of phenols is 1. The highest BCUT2D eigenvalue weighted by molar-refractivity contribution is 8.03. The van der Waals surface area contributed by atoms with Crippen LogP contribution in [0.2, 0.25) is 0 Å². The van der Waals surface area contributed by atoms with Crippen molar-refractivity contribution in [1.29, 1.82) is 0 Å². The molecule has 5 heteroatoms. The van der Waals surface area contributed by atoms with Gasteiger partial charge in [-0.3, -0.25) is 5.73 Å². The summed E-state index contributed by atoms with van der Waals surface area (Å²) >= 11 is 1.96. The third-order valence-corrected chi connectivity index (χ3v) is 7.73. The molecule has 3 rings (SSSR count). The molecule has 3 atom stereocenters. The summed E-state index contributed by atoms with van der Waals surface area (Å²) in [4.78, 5) is 0. The van der Waals surface area contributed by atoms with Crippen LogP contribution < -0.4 is 11.2 Å². The molecule has 0 radical (unpaired) electrons. The lowest BCUT2D eigenvalue weighted by Crippen LogP contribution is -2.76. The van der Waals surface area contributed by atoms with Crippen molar-refractivity contribution < 1.29 is 9.70 Å². The second-order valence-electron chi connectivity index (χ2n) is 8.23. The van der Waals surface area contributed by atoms with Crippen LogP contribution in [0.1, 0.15) is 50.7 Å². The molecule has 0 saturated heterocycles. The highest BCUT2D eigenvalue weighted by Crippen LogP contribution is 2.42. The Kier molecular flexibility index (Phi) is 5.73.